The van der Waals surface area contributed by atoms with Gasteiger partial charge in [-0.1, -0.05) is 19.3 Å². The van der Waals surface area contributed by atoms with Crippen LogP contribution in [-0.4, -0.2) is 5.11 Å². The molecule has 1 aliphatic carbocycles. The van der Waals surface area contributed by atoms with E-state index in [4.69, 9.17) is 0 Å². The smallest absolute Gasteiger partial charge is 0.200 e. The van der Waals surface area contributed by atoms with E-state index in [0.717, 1.165) is 25.7 Å². The van der Waals surface area contributed by atoms with Gasteiger partial charge < -0.3 is 5.11 Å². The van der Waals surface area contributed by atoms with E-state index < -0.39 is 17.4 Å². The molecule has 1 N–H and O–H groups in total. The number of phenolic OH excluding ortho intramolecular Hbond substituents is 1. The van der Waals surface area contributed by atoms with Crippen LogP contribution in [-0.2, 0) is 0 Å². The summed E-state index contributed by atoms with van der Waals surface area (Å²) in [5.74, 6) is -2.44. The fourth-order valence-corrected chi connectivity index (χ4v) is 2.64. The summed E-state index contributed by atoms with van der Waals surface area (Å²) in [4.78, 5) is 0. The lowest BCUT2D eigenvalue weighted by Crippen LogP contribution is -2.10. The molecule has 1 aromatic carbocycles. The predicted molar refractivity (Wildman–Crippen MR) is 58.6 cm³/mol. The zero-order valence-electron chi connectivity index (χ0n) is 9.39. The first-order valence-electron chi connectivity index (χ1n) is 5.78. The van der Waals surface area contributed by atoms with Gasteiger partial charge in [0.25, 0.3) is 0 Å². The number of rotatable bonds is 1. The molecule has 0 atom stereocenters. The first-order chi connectivity index (χ1) is 7.61. The van der Waals surface area contributed by atoms with Crippen molar-refractivity contribution in [2.75, 3.05) is 0 Å². The number of hydrogen-bond acceptors (Lipinski definition) is 1. The third-order valence-electron chi connectivity index (χ3n) is 3.45. The van der Waals surface area contributed by atoms with Gasteiger partial charge in [0, 0.05) is 0 Å². The summed E-state index contributed by atoms with van der Waals surface area (Å²) >= 11 is 0. The lowest BCUT2D eigenvalue weighted by Gasteiger charge is -2.24. The molecule has 0 aromatic heterocycles. The van der Waals surface area contributed by atoms with E-state index >= 15 is 0 Å². The number of aromatic hydroxyl groups is 1. The Balaban J connectivity index is 2.42. The Morgan fingerprint density at radius 1 is 1.12 bits per heavy atom. The second-order valence-corrected chi connectivity index (χ2v) is 4.59. The molecule has 2 rings (SSSR count). The number of phenols is 1. The highest BCUT2D eigenvalue weighted by molar-refractivity contribution is 5.39. The van der Waals surface area contributed by atoms with Crippen LogP contribution in [0.1, 0.15) is 49.1 Å². The van der Waals surface area contributed by atoms with Crippen LogP contribution in [0.5, 0.6) is 5.75 Å². The van der Waals surface area contributed by atoms with Gasteiger partial charge in [-0.2, -0.15) is 4.39 Å². The van der Waals surface area contributed by atoms with Gasteiger partial charge in [0.2, 0.25) is 5.82 Å². The molecule has 0 spiro atoms. The monoisotopic (exact) mass is 226 g/mol. The SMILES string of the molecule is Cc1cc(O)c(F)c(F)c1C1CCCCC1. The molecule has 0 aliphatic heterocycles. The van der Waals surface area contributed by atoms with Gasteiger partial charge in [-0.05, 0) is 42.9 Å². The fraction of sp³-hybridized carbons (Fsp3) is 0.538. The zero-order valence-corrected chi connectivity index (χ0v) is 9.39. The minimum absolute atomic E-state index is 0.115. The van der Waals surface area contributed by atoms with E-state index in [1.54, 1.807) is 6.92 Å². The molecule has 3 heteroatoms. The second kappa shape index (κ2) is 4.40. The summed E-state index contributed by atoms with van der Waals surface area (Å²) in [5.41, 5.74) is 1.12. The molecule has 0 radical (unpaired) electrons. The second-order valence-electron chi connectivity index (χ2n) is 4.59. The quantitative estimate of drug-likeness (QED) is 0.766. The Morgan fingerprint density at radius 3 is 2.38 bits per heavy atom. The number of benzene rings is 1. The highest BCUT2D eigenvalue weighted by Gasteiger charge is 2.24. The average Bonchev–Trinajstić information content (AvgIpc) is 2.28. The van der Waals surface area contributed by atoms with Crippen LogP contribution in [0.15, 0.2) is 6.07 Å². The van der Waals surface area contributed by atoms with Crippen LogP contribution in [0.25, 0.3) is 0 Å². The topological polar surface area (TPSA) is 20.2 Å². The van der Waals surface area contributed by atoms with Crippen molar-refractivity contribution in [2.24, 2.45) is 0 Å². The minimum Gasteiger partial charge on any atom is -0.505 e. The third-order valence-corrected chi connectivity index (χ3v) is 3.45. The molecule has 0 saturated heterocycles. The van der Waals surface area contributed by atoms with Crippen LogP contribution >= 0.6 is 0 Å². The Morgan fingerprint density at radius 2 is 1.75 bits per heavy atom. The molecule has 0 unspecified atom stereocenters. The van der Waals surface area contributed by atoms with Crippen LogP contribution in [0, 0.1) is 18.6 Å². The Kier molecular flexibility index (Phi) is 3.13. The molecule has 1 aliphatic rings. The van der Waals surface area contributed by atoms with Crippen molar-refractivity contribution in [3.63, 3.8) is 0 Å². The number of aryl methyl sites for hydroxylation is 1. The van der Waals surface area contributed by atoms with E-state index in [2.05, 4.69) is 0 Å². The maximum absolute atomic E-state index is 13.8. The van der Waals surface area contributed by atoms with Crippen molar-refractivity contribution in [3.05, 3.63) is 28.8 Å². The van der Waals surface area contributed by atoms with E-state index in [9.17, 15) is 13.9 Å². The average molecular weight is 226 g/mol. The fourth-order valence-electron chi connectivity index (χ4n) is 2.64. The first kappa shape index (κ1) is 11.4. The summed E-state index contributed by atoms with van der Waals surface area (Å²) < 4.78 is 27.1. The molecular formula is C13H16F2O. The molecule has 16 heavy (non-hydrogen) atoms. The summed E-state index contributed by atoms with van der Waals surface area (Å²) in [5, 5.41) is 9.19. The summed E-state index contributed by atoms with van der Waals surface area (Å²) in [6.45, 7) is 1.73. The van der Waals surface area contributed by atoms with Gasteiger partial charge in [0.15, 0.2) is 11.6 Å². The zero-order chi connectivity index (χ0) is 11.7. The molecule has 1 saturated carbocycles. The lowest BCUT2D eigenvalue weighted by molar-refractivity contribution is 0.385. The van der Waals surface area contributed by atoms with Crippen LogP contribution in [0.4, 0.5) is 8.78 Å². The highest BCUT2D eigenvalue weighted by Crippen LogP contribution is 2.38. The van der Waals surface area contributed by atoms with Gasteiger partial charge in [-0.15, -0.1) is 0 Å². The van der Waals surface area contributed by atoms with Crippen molar-refractivity contribution >= 4 is 0 Å². The van der Waals surface area contributed by atoms with E-state index in [1.807, 2.05) is 0 Å². The Bertz CT molecular complexity index is 395. The van der Waals surface area contributed by atoms with E-state index in [1.165, 1.54) is 12.5 Å². The van der Waals surface area contributed by atoms with Gasteiger partial charge >= 0.3 is 0 Å². The molecule has 1 nitrogen and oxygen atoms in total. The molecule has 1 aromatic rings. The normalized spacial score (nSPS) is 17.7. The molecule has 88 valence electrons. The first-order valence-corrected chi connectivity index (χ1v) is 5.78. The molecule has 0 bridgehead atoms. The standard InChI is InChI=1S/C13H16F2O/c1-8-7-10(16)12(14)13(15)11(8)9-5-3-2-4-6-9/h7,9,16H,2-6H2,1H3. The lowest BCUT2D eigenvalue weighted by atomic mass is 9.82. The number of halogens is 2. The van der Waals surface area contributed by atoms with Gasteiger partial charge in [0.1, 0.15) is 0 Å². The summed E-state index contributed by atoms with van der Waals surface area (Å²) in [6, 6.07) is 1.32. The van der Waals surface area contributed by atoms with Crippen molar-refractivity contribution in [1.82, 2.24) is 0 Å². The minimum atomic E-state index is -1.11. The van der Waals surface area contributed by atoms with Crippen molar-refractivity contribution in [1.29, 1.82) is 0 Å². The van der Waals surface area contributed by atoms with Gasteiger partial charge in [-0.25, -0.2) is 4.39 Å². The van der Waals surface area contributed by atoms with Crippen LogP contribution in [0.3, 0.4) is 0 Å². The molecule has 0 heterocycles. The number of hydrogen-bond donors (Lipinski definition) is 1. The maximum Gasteiger partial charge on any atom is 0.200 e. The van der Waals surface area contributed by atoms with Gasteiger partial charge in [-0.3, -0.25) is 0 Å². The van der Waals surface area contributed by atoms with Crippen molar-refractivity contribution in [3.8, 4) is 5.75 Å². The largest absolute Gasteiger partial charge is 0.505 e. The highest BCUT2D eigenvalue weighted by atomic mass is 19.2. The van der Waals surface area contributed by atoms with E-state index in [-0.39, 0.29) is 5.92 Å². The predicted octanol–water partition coefficient (Wildman–Crippen LogP) is 4.03. The van der Waals surface area contributed by atoms with Crippen LogP contribution < -0.4 is 0 Å². The Labute approximate surface area is 94.1 Å². The summed E-state index contributed by atoms with van der Waals surface area (Å²) in [6.07, 6.45) is 5.17. The van der Waals surface area contributed by atoms with Crippen LogP contribution in [0.2, 0.25) is 0 Å². The van der Waals surface area contributed by atoms with E-state index in [0.29, 0.717) is 11.1 Å². The third kappa shape index (κ3) is 1.91. The molecule has 1 fully saturated rings. The Hall–Kier alpha value is -1.12. The maximum atomic E-state index is 13.8. The van der Waals surface area contributed by atoms with Gasteiger partial charge in [0.05, 0.1) is 0 Å². The summed E-state index contributed by atoms with van der Waals surface area (Å²) in [7, 11) is 0. The molecular weight excluding hydrogens is 210 g/mol. The van der Waals surface area contributed by atoms with Crippen molar-refractivity contribution in [2.45, 2.75) is 44.9 Å². The van der Waals surface area contributed by atoms with Crippen molar-refractivity contribution < 1.29 is 13.9 Å². The molecule has 0 amide bonds.